The molecule has 0 aromatic carbocycles. The average molecular weight is 413 g/mol. The standard InChI is InChI=1S/C13H24BF3N2O4.2ClH/c15-13(16,17)10-4-3-8-19(10)9-6-12(18,11(20)21)5-1-2-7-14(22)23;;/h10,22-23H,1-9,18H2,(H,20,21);2*1H/t10-,12?;;/m1../s1. The first-order valence-electron chi connectivity index (χ1n) is 7.75. The summed E-state index contributed by atoms with van der Waals surface area (Å²) < 4.78 is 38.6. The minimum absolute atomic E-state index is 0. The van der Waals surface area contributed by atoms with E-state index in [1.165, 1.54) is 4.90 Å². The maximum Gasteiger partial charge on any atom is 0.451 e. The van der Waals surface area contributed by atoms with E-state index in [0.29, 0.717) is 19.3 Å². The van der Waals surface area contributed by atoms with E-state index in [1.807, 2.05) is 0 Å². The van der Waals surface area contributed by atoms with Crippen LogP contribution in [0.1, 0.15) is 38.5 Å². The number of halogens is 5. The Morgan fingerprint density at radius 2 is 1.80 bits per heavy atom. The zero-order valence-electron chi connectivity index (χ0n) is 13.7. The first-order valence-corrected chi connectivity index (χ1v) is 7.75. The predicted octanol–water partition coefficient (Wildman–Crippen LogP) is 1.67. The molecule has 0 aromatic rings. The van der Waals surface area contributed by atoms with Crippen molar-refractivity contribution in [3.8, 4) is 0 Å². The summed E-state index contributed by atoms with van der Waals surface area (Å²) in [6.45, 7) is 0.270. The first-order chi connectivity index (χ1) is 10.6. The molecule has 0 saturated carbocycles. The highest BCUT2D eigenvalue weighted by Crippen LogP contribution is 2.33. The molecule has 0 aromatic heterocycles. The Morgan fingerprint density at radius 3 is 2.28 bits per heavy atom. The van der Waals surface area contributed by atoms with Gasteiger partial charge in [-0.1, -0.05) is 12.8 Å². The van der Waals surface area contributed by atoms with Crippen molar-refractivity contribution in [1.82, 2.24) is 4.90 Å². The number of hydrogen-bond acceptors (Lipinski definition) is 5. The summed E-state index contributed by atoms with van der Waals surface area (Å²) in [5.41, 5.74) is 4.26. The Hall–Kier alpha value is -0.255. The number of rotatable bonds is 9. The van der Waals surface area contributed by atoms with Gasteiger partial charge < -0.3 is 20.9 Å². The molecule has 0 bridgehead atoms. The van der Waals surface area contributed by atoms with Crippen molar-refractivity contribution >= 4 is 37.9 Å². The molecule has 6 nitrogen and oxygen atoms in total. The fraction of sp³-hybridized carbons (Fsp3) is 0.923. The highest BCUT2D eigenvalue weighted by molar-refractivity contribution is 6.40. The van der Waals surface area contributed by atoms with Gasteiger partial charge in [0.05, 0.1) is 0 Å². The van der Waals surface area contributed by atoms with Gasteiger partial charge in [0.25, 0.3) is 0 Å². The number of carbonyl (C=O) groups is 1. The van der Waals surface area contributed by atoms with Crippen LogP contribution in [0, 0.1) is 0 Å². The second-order valence-electron chi connectivity index (χ2n) is 6.17. The summed E-state index contributed by atoms with van der Waals surface area (Å²) in [6.07, 6.45) is -2.98. The smallest absolute Gasteiger partial charge is 0.451 e. The molecule has 0 spiro atoms. The fourth-order valence-electron chi connectivity index (χ4n) is 2.91. The third kappa shape index (κ3) is 8.79. The molecule has 1 unspecified atom stereocenters. The van der Waals surface area contributed by atoms with Crippen LogP contribution in [-0.4, -0.2) is 64.0 Å². The molecule has 0 amide bonds. The minimum atomic E-state index is -4.31. The number of alkyl halides is 3. The summed E-state index contributed by atoms with van der Waals surface area (Å²) in [5, 5.41) is 26.8. The molecule has 1 fully saturated rings. The molecule has 12 heteroatoms. The van der Waals surface area contributed by atoms with Gasteiger partial charge in [-0.25, -0.2) is 0 Å². The van der Waals surface area contributed by atoms with E-state index in [4.69, 9.17) is 15.8 Å². The molecule has 1 aliphatic rings. The third-order valence-corrected chi connectivity index (χ3v) is 4.35. The number of nitrogens with zero attached hydrogens (tertiary/aromatic N) is 1. The second-order valence-corrected chi connectivity index (χ2v) is 6.17. The molecule has 5 N–H and O–H groups in total. The number of carboxylic acid groups (broad SMARTS) is 1. The largest absolute Gasteiger partial charge is 0.480 e. The molecule has 1 heterocycles. The van der Waals surface area contributed by atoms with Crippen molar-refractivity contribution in [1.29, 1.82) is 0 Å². The van der Waals surface area contributed by atoms with Crippen LogP contribution in [0.25, 0.3) is 0 Å². The molecule has 2 atom stereocenters. The maximum absolute atomic E-state index is 12.9. The quantitative estimate of drug-likeness (QED) is 0.339. The van der Waals surface area contributed by atoms with Gasteiger partial charge in [0.1, 0.15) is 11.6 Å². The van der Waals surface area contributed by atoms with Crippen LogP contribution >= 0.6 is 24.8 Å². The molecular formula is C13H26BCl2F3N2O4. The average Bonchev–Trinajstić information content (AvgIpc) is 2.89. The van der Waals surface area contributed by atoms with E-state index in [1.54, 1.807) is 0 Å². The molecule has 0 radical (unpaired) electrons. The first kappa shape index (κ1) is 27.0. The van der Waals surface area contributed by atoms with Gasteiger partial charge in [-0.15, -0.1) is 24.8 Å². The van der Waals surface area contributed by atoms with Crippen LogP contribution in [-0.2, 0) is 4.79 Å². The van der Waals surface area contributed by atoms with Crippen molar-refractivity contribution in [2.24, 2.45) is 5.73 Å². The van der Waals surface area contributed by atoms with Crippen LogP contribution in [0.15, 0.2) is 0 Å². The van der Waals surface area contributed by atoms with Crippen LogP contribution in [0.3, 0.4) is 0 Å². The Kier molecular flexibility index (Phi) is 12.4. The van der Waals surface area contributed by atoms with Crippen molar-refractivity contribution in [3.63, 3.8) is 0 Å². The van der Waals surface area contributed by atoms with Gasteiger partial charge in [-0.2, -0.15) is 13.2 Å². The summed E-state index contributed by atoms with van der Waals surface area (Å²) in [6, 6.07) is -1.52. The lowest BCUT2D eigenvalue weighted by Crippen LogP contribution is -2.51. The predicted molar refractivity (Wildman–Crippen MR) is 93.2 cm³/mol. The molecule has 1 rings (SSSR count). The monoisotopic (exact) mass is 412 g/mol. The van der Waals surface area contributed by atoms with Gasteiger partial charge in [-0.05, 0) is 38.5 Å². The molecule has 1 saturated heterocycles. The van der Waals surface area contributed by atoms with Crippen molar-refractivity contribution < 1.29 is 33.1 Å². The lowest BCUT2D eigenvalue weighted by molar-refractivity contribution is -0.176. The van der Waals surface area contributed by atoms with Gasteiger partial charge in [0.15, 0.2) is 0 Å². The zero-order chi connectivity index (χ0) is 17.7. The fourth-order valence-corrected chi connectivity index (χ4v) is 2.91. The number of likely N-dealkylation sites (tertiary alicyclic amines) is 1. The number of carboxylic acids is 1. The highest BCUT2D eigenvalue weighted by atomic mass is 35.5. The lowest BCUT2D eigenvalue weighted by Gasteiger charge is -2.31. The zero-order valence-corrected chi connectivity index (χ0v) is 15.4. The molecule has 25 heavy (non-hydrogen) atoms. The Labute approximate surface area is 157 Å². The maximum atomic E-state index is 12.9. The Bertz CT molecular complexity index is 408. The van der Waals surface area contributed by atoms with E-state index in [2.05, 4.69) is 0 Å². The number of unbranched alkanes of at least 4 members (excludes halogenated alkanes) is 1. The van der Waals surface area contributed by atoms with E-state index in [9.17, 15) is 23.1 Å². The molecule has 150 valence electrons. The van der Waals surface area contributed by atoms with Crippen LogP contribution in [0.2, 0.25) is 6.32 Å². The SMILES string of the molecule is Cl.Cl.NC(CCCCB(O)O)(CCN1CCC[C@@H]1C(F)(F)F)C(=O)O. The van der Waals surface area contributed by atoms with Crippen LogP contribution in [0.4, 0.5) is 13.2 Å². The van der Waals surface area contributed by atoms with Gasteiger partial charge >= 0.3 is 19.3 Å². The van der Waals surface area contributed by atoms with Crippen molar-refractivity contribution in [2.45, 2.75) is 62.6 Å². The van der Waals surface area contributed by atoms with Gasteiger partial charge in [0, 0.05) is 6.54 Å². The highest BCUT2D eigenvalue weighted by Gasteiger charge is 2.46. The summed E-state index contributed by atoms with van der Waals surface area (Å²) in [4.78, 5) is 12.6. The lowest BCUT2D eigenvalue weighted by atomic mass is 9.81. The Balaban J connectivity index is 0. The summed E-state index contributed by atoms with van der Waals surface area (Å²) in [7, 11) is -1.45. The van der Waals surface area contributed by atoms with Gasteiger partial charge in [0.2, 0.25) is 0 Å². The van der Waals surface area contributed by atoms with E-state index < -0.39 is 30.8 Å². The third-order valence-electron chi connectivity index (χ3n) is 4.35. The molecular weight excluding hydrogens is 387 g/mol. The minimum Gasteiger partial charge on any atom is -0.480 e. The van der Waals surface area contributed by atoms with E-state index in [-0.39, 0.29) is 63.5 Å². The number of nitrogens with two attached hydrogens (primary N) is 1. The molecule has 1 aliphatic heterocycles. The summed E-state index contributed by atoms with van der Waals surface area (Å²) >= 11 is 0. The summed E-state index contributed by atoms with van der Waals surface area (Å²) in [5.74, 6) is -1.25. The van der Waals surface area contributed by atoms with E-state index >= 15 is 0 Å². The molecule has 0 aliphatic carbocycles. The van der Waals surface area contributed by atoms with Crippen molar-refractivity contribution in [3.05, 3.63) is 0 Å². The topological polar surface area (TPSA) is 107 Å². The number of hydrogen-bond donors (Lipinski definition) is 4. The number of aliphatic carboxylic acids is 1. The van der Waals surface area contributed by atoms with Crippen molar-refractivity contribution in [2.75, 3.05) is 13.1 Å². The normalized spacial score (nSPS) is 20.3. The second kappa shape index (κ2) is 11.5. The van der Waals surface area contributed by atoms with Crippen LogP contribution < -0.4 is 5.73 Å². The van der Waals surface area contributed by atoms with Gasteiger partial charge in [-0.3, -0.25) is 9.69 Å². The van der Waals surface area contributed by atoms with Crippen LogP contribution in [0.5, 0.6) is 0 Å². The van der Waals surface area contributed by atoms with E-state index in [0.717, 1.165) is 0 Å². The Morgan fingerprint density at radius 1 is 1.20 bits per heavy atom.